The van der Waals surface area contributed by atoms with Crippen LogP contribution in [0.25, 0.3) is 0 Å². The second-order valence-electron chi connectivity index (χ2n) is 1.97. The Hall–Kier alpha value is -0.320. The second-order valence-corrected chi connectivity index (χ2v) is 1.97. The summed E-state index contributed by atoms with van der Waals surface area (Å²) in [6.07, 6.45) is -7.59. The van der Waals surface area contributed by atoms with Gasteiger partial charge in [-0.1, -0.05) is 0 Å². The molecule has 0 saturated heterocycles. The number of hydrogen-bond acceptors (Lipinski definition) is 1. The Morgan fingerprint density at radius 3 is 2.20 bits per heavy atom. The maximum Gasteiger partial charge on any atom is 0.391 e. The lowest BCUT2D eigenvalue weighted by molar-refractivity contribution is -0.145. The van der Waals surface area contributed by atoms with Crippen LogP contribution in [0.15, 0.2) is 0 Å². The molecule has 0 aromatic rings. The Morgan fingerprint density at radius 1 is 1.40 bits per heavy atom. The molecule has 62 valence electrons. The fraction of sp³-hybridized carbons (Fsp3) is 1.00. The van der Waals surface area contributed by atoms with Gasteiger partial charge in [0.2, 0.25) is 0 Å². The van der Waals surface area contributed by atoms with Crippen molar-refractivity contribution in [2.45, 2.75) is 18.8 Å². The summed E-state index contributed by atoms with van der Waals surface area (Å²) in [5.74, 6) is 0. The first-order valence-corrected chi connectivity index (χ1v) is 2.81. The van der Waals surface area contributed by atoms with Crippen LogP contribution in [0.5, 0.6) is 0 Å². The molecule has 0 aromatic heterocycles. The van der Waals surface area contributed by atoms with Crippen LogP contribution < -0.4 is 5.32 Å². The highest BCUT2D eigenvalue weighted by Gasteiger charge is 2.31. The lowest BCUT2D eigenvalue weighted by Gasteiger charge is -2.09. The number of nitrogens with one attached hydrogen (secondary N) is 1. The normalized spacial score (nSPS) is 15.3. The van der Waals surface area contributed by atoms with Crippen molar-refractivity contribution in [1.82, 2.24) is 5.32 Å². The molecule has 10 heavy (non-hydrogen) atoms. The van der Waals surface area contributed by atoms with Crippen molar-refractivity contribution in [1.29, 1.82) is 0 Å². The van der Waals surface area contributed by atoms with E-state index in [1.807, 2.05) is 0 Å². The van der Waals surface area contributed by atoms with Gasteiger partial charge in [0.15, 0.2) is 0 Å². The Bertz CT molecular complexity index is 90.1. The number of alkyl halides is 4. The summed E-state index contributed by atoms with van der Waals surface area (Å²) in [4.78, 5) is 0. The molecule has 0 rings (SSSR count). The van der Waals surface area contributed by atoms with Crippen LogP contribution in [0, 0.1) is 0 Å². The molecule has 0 aliphatic carbocycles. The van der Waals surface area contributed by atoms with Crippen LogP contribution in [-0.4, -0.2) is 25.9 Å². The van der Waals surface area contributed by atoms with Crippen LogP contribution in [0.3, 0.4) is 0 Å². The standard InChI is InChI=1S/C5H9F4N/c1-10-3-4(6)2-5(7,8)9/h4,10H,2-3H2,1H3. The van der Waals surface area contributed by atoms with Gasteiger partial charge >= 0.3 is 6.18 Å². The van der Waals surface area contributed by atoms with Gasteiger partial charge < -0.3 is 5.32 Å². The van der Waals surface area contributed by atoms with Gasteiger partial charge in [-0.25, -0.2) is 4.39 Å². The van der Waals surface area contributed by atoms with Crippen molar-refractivity contribution < 1.29 is 17.6 Å². The number of rotatable bonds is 3. The van der Waals surface area contributed by atoms with E-state index in [0.717, 1.165) is 0 Å². The average Bonchev–Trinajstić information content (AvgIpc) is 1.59. The van der Waals surface area contributed by atoms with Crippen molar-refractivity contribution >= 4 is 0 Å². The van der Waals surface area contributed by atoms with E-state index in [2.05, 4.69) is 5.32 Å². The minimum absolute atomic E-state index is 0.250. The minimum Gasteiger partial charge on any atom is -0.317 e. The van der Waals surface area contributed by atoms with Gasteiger partial charge in [-0.2, -0.15) is 13.2 Å². The number of hydrogen-bond donors (Lipinski definition) is 1. The summed E-state index contributed by atoms with van der Waals surface area (Å²) < 4.78 is 46.2. The van der Waals surface area contributed by atoms with E-state index < -0.39 is 18.8 Å². The van der Waals surface area contributed by atoms with Crippen molar-refractivity contribution in [2.24, 2.45) is 0 Å². The fourth-order valence-corrected chi connectivity index (χ4v) is 0.545. The monoisotopic (exact) mass is 159 g/mol. The molecule has 0 aliphatic heterocycles. The van der Waals surface area contributed by atoms with Crippen LogP contribution in [0.2, 0.25) is 0 Å². The zero-order chi connectivity index (χ0) is 8.20. The molecule has 1 unspecified atom stereocenters. The SMILES string of the molecule is CNCC(F)CC(F)(F)F. The van der Waals surface area contributed by atoms with Gasteiger partial charge in [-0.15, -0.1) is 0 Å². The quantitative estimate of drug-likeness (QED) is 0.615. The molecule has 5 heteroatoms. The van der Waals surface area contributed by atoms with Gasteiger partial charge in [-0.3, -0.25) is 0 Å². The molecule has 0 saturated carbocycles. The molecule has 0 heterocycles. The molecule has 0 aliphatic rings. The van der Waals surface area contributed by atoms with E-state index in [1.165, 1.54) is 7.05 Å². The molecule has 1 nitrogen and oxygen atoms in total. The second kappa shape index (κ2) is 3.75. The summed E-state index contributed by atoms with van der Waals surface area (Å²) in [5.41, 5.74) is 0. The van der Waals surface area contributed by atoms with Gasteiger partial charge in [-0.05, 0) is 7.05 Å². The van der Waals surface area contributed by atoms with Gasteiger partial charge in [0.25, 0.3) is 0 Å². The largest absolute Gasteiger partial charge is 0.391 e. The van der Waals surface area contributed by atoms with E-state index in [9.17, 15) is 17.6 Å². The third kappa shape index (κ3) is 5.81. The van der Waals surface area contributed by atoms with E-state index in [1.54, 1.807) is 0 Å². The summed E-state index contributed by atoms with van der Waals surface area (Å²) in [6.45, 7) is -0.250. The molecule has 0 radical (unpaired) electrons. The Balaban J connectivity index is 3.47. The van der Waals surface area contributed by atoms with E-state index >= 15 is 0 Å². The molecule has 0 amide bonds. The molecule has 1 N–H and O–H groups in total. The van der Waals surface area contributed by atoms with Crippen LogP contribution >= 0.6 is 0 Å². The summed E-state index contributed by atoms with van der Waals surface area (Å²) in [6, 6.07) is 0. The first-order valence-electron chi connectivity index (χ1n) is 2.81. The first-order chi connectivity index (χ1) is 4.45. The van der Waals surface area contributed by atoms with E-state index in [0.29, 0.717) is 0 Å². The highest BCUT2D eigenvalue weighted by Crippen LogP contribution is 2.22. The van der Waals surface area contributed by atoms with Crippen LogP contribution in [0.1, 0.15) is 6.42 Å². The maximum atomic E-state index is 12.1. The van der Waals surface area contributed by atoms with Crippen molar-refractivity contribution in [3.8, 4) is 0 Å². The van der Waals surface area contributed by atoms with Crippen LogP contribution in [0.4, 0.5) is 17.6 Å². The Morgan fingerprint density at radius 2 is 1.90 bits per heavy atom. The minimum atomic E-state index is -4.39. The van der Waals surface area contributed by atoms with Crippen LogP contribution in [-0.2, 0) is 0 Å². The maximum absolute atomic E-state index is 12.1. The van der Waals surface area contributed by atoms with Gasteiger partial charge in [0, 0.05) is 6.54 Å². The average molecular weight is 159 g/mol. The van der Waals surface area contributed by atoms with Crippen molar-refractivity contribution in [3.05, 3.63) is 0 Å². The Labute approximate surface area is 56.4 Å². The third-order valence-electron chi connectivity index (χ3n) is 0.879. The predicted molar refractivity (Wildman–Crippen MR) is 29.5 cm³/mol. The highest BCUT2D eigenvalue weighted by molar-refractivity contribution is 4.63. The predicted octanol–water partition coefficient (Wildman–Crippen LogP) is 1.50. The van der Waals surface area contributed by atoms with Gasteiger partial charge in [0.1, 0.15) is 6.17 Å². The summed E-state index contributed by atoms with van der Waals surface area (Å²) >= 11 is 0. The summed E-state index contributed by atoms with van der Waals surface area (Å²) in [7, 11) is 1.41. The molecular weight excluding hydrogens is 150 g/mol. The van der Waals surface area contributed by atoms with Crippen molar-refractivity contribution in [2.75, 3.05) is 13.6 Å². The van der Waals surface area contributed by atoms with E-state index in [4.69, 9.17) is 0 Å². The number of halogens is 4. The fourth-order valence-electron chi connectivity index (χ4n) is 0.545. The first kappa shape index (κ1) is 9.68. The molecule has 0 bridgehead atoms. The molecule has 0 spiro atoms. The molecule has 0 aromatic carbocycles. The zero-order valence-electron chi connectivity index (χ0n) is 5.50. The smallest absolute Gasteiger partial charge is 0.317 e. The zero-order valence-corrected chi connectivity index (χ0v) is 5.50. The lowest BCUT2D eigenvalue weighted by atomic mass is 10.3. The third-order valence-corrected chi connectivity index (χ3v) is 0.879. The molecule has 0 fully saturated rings. The lowest BCUT2D eigenvalue weighted by Crippen LogP contribution is -2.25. The highest BCUT2D eigenvalue weighted by atomic mass is 19.4. The topological polar surface area (TPSA) is 12.0 Å². The summed E-state index contributed by atoms with van der Waals surface area (Å²) in [5, 5.41) is 2.32. The molecular formula is C5H9F4N. The molecule has 1 atom stereocenters. The van der Waals surface area contributed by atoms with Crippen molar-refractivity contribution in [3.63, 3.8) is 0 Å². The Kier molecular flexibility index (Phi) is 3.63. The van der Waals surface area contributed by atoms with E-state index in [-0.39, 0.29) is 6.54 Å². The van der Waals surface area contributed by atoms with Gasteiger partial charge in [0.05, 0.1) is 6.42 Å².